The second kappa shape index (κ2) is 3.69. The molecule has 0 fully saturated rings. The van der Waals surface area contributed by atoms with E-state index >= 15 is 0 Å². The van der Waals surface area contributed by atoms with Gasteiger partial charge in [0.15, 0.2) is 0 Å². The Kier molecular flexibility index (Phi) is 2.35. The first-order chi connectivity index (χ1) is 7.54. The Balaban J connectivity index is 2.30. The highest BCUT2D eigenvalue weighted by molar-refractivity contribution is 5.60. The van der Waals surface area contributed by atoms with Crippen LogP contribution in [0, 0.1) is 6.92 Å². The highest BCUT2D eigenvalue weighted by atomic mass is 15.3. The lowest BCUT2D eigenvalue weighted by Gasteiger charge is -2.04. The fraction of sp³-hybridized carbons (Fsp3) is 0.222. The van der Waals surface area contributed by atoms with Gasteiger partial charge in [0.05, 0.1) is 11.4 Å². The van der Waals surface area contributed by atoms with E-state index in [9.17, 15) is 0 Å². The van der Waals surface area contributed by atoms with Gasteiger partial charge in [0.1, 0.15) is 11.6 Å². The zero-order valence-corrected chi connectivity index (χ0v) is 9.10. The fourth-order valence-corrected chi connectivity index (χ4v) is 1.41. The molecule has 0 bridgehead atoms. The monoisotopic (exact) mass is 219 g/mol. The Morgan fingerprint density at radius 3 is 2.62 bits per heavy atom. The molecule has 2 aromatic rings. The zero-order chi connectivity index (χ0) is 11.7. The maximum atomic E-state index is 5.56. The number of nitrogens with one attached hydrogen (secondary N) is 1. The number of nitrogens with two attached hydrogens (primary N) is 2. The van der Waals surface area contributed by atoms with Crippen molar-refractivity contribution in [3.63, 3.8) is 0 Å². The first kappa shape index (κ1) is 10.2. The minimum absolute atomic E-state index is 0.143. The van der Waals surface area contributed by atoms with E-state index in [1.54, 1.807) is 10.7 Å². The molecule has 2 heterocycles. The summed E-state index contributed by atoms with van der Waals surface area (Å²) in [7, 11) is 1.85. The molecule has 16 heavy (non-hydrogen) atoms. The SMILES string of the molecule is Cc1nn(C)cc1Nc1cc(N)nc(N)n1. The molecule has 7 heteroatoms. The maximum absolute atomic E-state index is 5.56. The predicted molar refractivity (Wildman–Crippen MR) is 62.1 cm³/mol. The highest BCUT2D eigenvalue weighted by Gasteiger charge is 2.05. The van der Waals surface area contributed by atoms with Crippen LogP contribution in [0.25, 0.3) is 0 Å². The summed E-state index contributed by atoms with van der Waals surface area (Å²) in [5.41, 5.74) is 12.8. The van der Waals surface area contributed by atoms with Crippen LogP contribution in [0.4, 0.5) is 23.3 Å². The number of rotatable bonds is 2. The van der Waals surface area contributed by atoms with Gasteiger partial charge in [-0.15, -0.1) is 0 Å². The van der Waals surface area contributed by atoms with Gasteiger partial charge in [-0.3, -0.25) is 4.68 Å². The number of nitrogen functional groups attached to an aromatic ring is 2. The number of nitrogens with zero attached hydrogens (tertiary/aromatic N) is 4. The highest BCUT2D eigenvalue weighted by Crippen LogP contribution is 2.18. The molecular weight excluding hydrogens is 206 g/mol. The molecule has 0 aromatic carbocycles. The molecule has 0 aliphatic carbocycles. The maximum Gasteiger partial charge on any atom is 0.223 e. The smallest absolute Gasteiger partial charge is 0.223 e. The summed E-state index contributed by atoms with van der Waals surface area (Å²) >= 11 is 0. The largest absolute Gasteiger partial charge is 0.383 e. The molecule has 2 rings (SSSR count). The topological polar surface area (TPSA) is 108 Å². The average molecular weight is 219 g/mol. The van der Waals surface area contributed by atoms with E-state index in [1.807, 2.05) is 20.2 Å². The van der Waals surface area contributed by atoms with Crippen molar-refractivity contribution in [2.24, 2.45) is 7.05 Å². The quantitative estimate of drug-likeness (QED) is 0.675. The van der Waals surface area contributed by atoms with Gasteiger partial charge in [0, 0.05) is 19.3 Å². The van der Waals surface area contributed by atoms with Crippen LogP contribution in [0.5, 0.6) is 0 Å². The Morgan fingerprint density at radius 2 is 2.06 bits per heavy atom. The Bertz CT molecular complexity index is 496. The standard InChI is InChI=1S/C9H13N7/c1-5-6(4-16(2)15-5)12-8-3-7(10)13-9(11)14-8/h3-4H,1-2H3,(H5,10,11,12,13,14). The van der Waals surface area contributed by atoms with Crippen LogP contribution in [-0.2, 0) is 7.05 Å². The van der Waals surface area contributed by atoms with Gasteiger partial charge >= 0.3 is 0 Å². The summed E-state index contributed by atoms with van der Waals surface area (Å²) in [5.74, 6) is 1.03. The summed E-state index contributed by atoms with van der Waals surface area (Å²) in [5, 5.41) is 7.28. The molecule has 7 nitrogen and oxygen atoms in total. The Hall–Kier alpha value is -2.31. The van der Waals surface area contributed by atoms with E-state index in [0.29, 0.717) is 11.6 Å². The van der Waals surface area contributed by atoms with E-state index in [0.717, 1.165) is 11.4 Å². The van der Waals surface area contributed by atoms with Crippen LogP contribution in [-0.4, -0.2) is 19.7 Å². The number of hydrogen-bond acceptors (Lipinski definition) is 6. The van der Waals surface area contributed by atoms with Gasteiger partial charge in [-0.05, 0) is 6.92 Å². The average Bonchev–Trinajstić information content (AvgIpc) is 2.43. The third kappa shape index (κ3) is 2.02. The molecule has 5 N–H and O–H groups in total. The van der Waals surface area contributed by atoms with Crippen molar-refractivity contribution in [2.45, 2.75) is 6.92 Å². The van der Waals surface area contributed by atoms with Crippen molar-refractivity contribution in [1.29, 1.82) is 0 Å². The molecule has 0 aliphatic heterocycles. The minimum Gasteiger partial charge on any atom is -0.383 e. The second-order valence-electron chi connectivity index (χ2n) is 3.46. The van der Waals surface area contributed by atoms with Crippen molar-refractivity contribution in [3.05, 3.63) is 18.0 Å². The summed E-state index contributed by atoms with van der Waals surface area (Å²) in [6.07, 6.45) is 1.85. The van der Waals surface area contributed by atoms with Gasteiger partial charge in [-0.1, -0.05) is 0 Å². The van der Waals surface area contributed by atoms with Crippen LogP contribution in [0.1, 0.15) is 5.69 Å². The van der Waals surface area contributed by atoms with E-state index < -0.39 is 0 Å². The molecule has 0 radical (unpaired) electrons. The molecule has 0 spiro atoms. The molecule has 0 amide bonds. The van der Waals surface area contributed by atoms with Crippen molar-refractivity contribution in [1.82, 2.24) is 19.7 Å². The third-order valence-electron chi connectivity index (χ3n) is 2.04. The summed E-state index contributed by atoms with van der Waals surface area (Å²) in [6, 6.07) is 1.61. The summed E-state index contributed by atoms with van der Waals surface area (Å²) in [4.78, 5) is 7.81. The van der Waals surface area contributed by atoms with Crippen molar-refractivity contribution >= 4 is 23.3 Å². The molecular formula is C9H13N7. The van der Waals surface area contributed by atoms with Crippen LogP contribution in [0.15, 0.2) is 12.3 Å². The van der Waals surface area contributed by atoms with Crippen LogP contribution >= 0.6 is 0 Å². The van der Waals surface area contributed by atoms with Crippen molar-refractivity contribution < 1.29 is 0 Å². The van der Waals surface area contributed by atoms with Gasteiger partial charge in [0.25, 0.3) is 0 Å². The lowest BCUT2D eigenvalue weighted by Crippen LogP contribution is -2.03. The predicted octanol–water partition coefficient (Wildman–Crippen LogP) is 0.427. The first-order valence-corrected chi connectivity index (χ1v) is 4.72. The van der Waals surface area contributed by atoms with Gasteiger partial charge in [-0.2, -0.15) is 15.1 Å². The van der Waals surface area contributed by atoms with Crippen LogP contribution < -0.4 is 16.8 Å². The zero-order valence-electron chi connectivity index (χ0n) is 9.10. The second-order valence-corrected chi connectivity index (χ2v) is 3.46. The normalized spacial score (nSPS) is 10.4. The molecule has 2 aromatic heterocycles. The van der Waals surface area contributed by atoms with Crippen molar-refractivity contribution in [3.8, 4) is 0 Å². The number of aromatic nitrogens is 4. The van der Waals surface area contributed by atoms with Crippen molar-refractivity contribution in [2.75, 3.05) is 16.8 Å². The first-order valence-electron chi connectivity index (χ1n) is 4.72. The summed E-state index contributed by atoms with van der Waals surface area (Å²) < 4.78 is 1.71. The molecule has 0 aliphatic rings. The van der Waals surface area contributed by atoms with Gasteiger partial charge in [0.2, 0.25) is 5.95 Å². The van der Waals surface area contributed by atoms with Crippen LogP contribution in [0.3, 0.4) is 0 Å². The molecule has 84 valence electrons. The van der Waals surface area contributed by atoms with Gasteiger partial charge < -0.3 is 16.8 Å². The lowest BCUT2D eigenvalue weighted by molar-refractivity contribution is 0.756. The fourth-order valence-electron chi connectivity index (χ4n) is 1.41. The van der Waals surface area contributed by atoms with Gasteiger partial charge in [-0.25, -0.2) is 0 Å². The molecule has 0 saturated heterocycles. The van der Waals surface area contributed by atoms with E-state index in [2.05, 4.69) is 20.4 Å². The minimum atomic E-state index is 0.143. The number of hydrogen-bond donors (Lipinski definition) is 3. The van der Waals surface area contributed by atoms with E-state index in [1.165, 1.54) is 0 Å². The number of aryl methyl sites for hydroxylation is 2. The molecule has 0 unspecified atom stereocenters. The lowest BCUT2D eigenvalue weighted by atomic mass is 10.4. The third-order valence-corrected chi connectivity index (χ3v) is 2.04. The summed E-state index contributed by atoms with van der Waals surface area (Å²) in [6.45, 7) is 1.90. The molecule has 0 atom stereocenters. The van der Waals surface area contributed by atoms with E-state index in [-0.39, 0.29) is 5.95 Å². The number of anilines is 4. The molecule has 0 saturated carbocycles. The Morgan fingerprint density at radius 1 is 1.31 bits per heavy atom. The Labute approximate surface area is 92.5 Å². The van der Waals surface area contributed by atoms with Crippen LogP contribution in [0.2, 0.25) is 0 Å². The van der Waals surface area contributed by atoms with E-state index in [4.69, 9.17) is 11.5 Å².